The van der Waals surface area contributed by atoms with E-state index in [-0.39, 0.29) is 0 Å². The molecule has 1 aromatic heterocycles. The Kier molecular flexibility index (Phi) is 7.87. The molecule has 1 saturated carbocycles. The van der Waals surface area contributed by atoms with Crippen LogP contribution in [0.2, 0.25) is 0 Å². The predicted molar refractivity (Wildman–Crippen MR) is 141 cm³/mol. The highest BCUT2D eigenvalue weighted by atomic mass is 32.2. The van der Waals surface area contributed by atoms with Gasteiger partial charge in [-0.25, -0.2) is 26.4 Å². The summed E-state index contributed by atoms with van der Waals surface area (Å²) < 4.78 is 77.7. The number of carbonyl (C=O) groups excluding carboxylic acids is 1. The van der Waals surface area contributed by atoms with E-state index >= 15 is 0 Å². The molecule has 1 amide bonds. The van der Waals surface area contributed by atoms with E-state index in [0.29, 0.717) is 56.8 Å². The first kappa shape index (κ1) is 28.1. The molecule has 0 unspecified atom stereocenters. The van der Waals surface area contributed by atoms with Crippen molar-refractivity contribution in [1.82, 2.24) is 14.2 Å². The number of halogens is 3. The minimum Gasteiger partial charge on any atom is -0.441 e. The van der Waals surface area contributed by atoms with Gasteiger partial charge < -0.3 is 9.64 Å². The second kappa shape index (κ2) is 11.2. The zero-order chi connectivity index (χ0) is 28.5. The average molecular weight is 574 g/mol. The lowest BCUT2D eigenvalue weighted by Gasteiger charge is -2.44. The number of carbonyl (C=O) groups is 1. The van der Waals surface area contributed by atoms with Crippen molar-refractivity contribution in [2.24, 2.45) is 0 Å². The van der Waals surface area contributed by atoms with Crippen LogP contribution in [-0.4, -0.2) is 46.9 Å². The number of sulfonamides is 1. The van der Waals surface area contributed by atoms with Gasteiger partial charge in [-0.1, -0.05) is 12.1 Å². The van der Waals surface area contributed by atoms with Crippen LogP contribution < -0.4 is 0 Å². The molecule has 11 heteroatoms. The van der Waals surface area contributed by atoms with Crippen molar-refractivity contribution in [3.63, 3.8) is 0 Å². The number of aromatic nitrogens is 1. The fourth-order valence-corrected chi connectivity index (χ4v) is 7.40. The molecule has 2 aliphatic rings. The third-order valence-corrected chi connectivity index (χ3v) is 9.59. The molecule has 1 saturated heterocycles. The number of piperidine rings is 1. The maximum absolute atomic E-state index is 14.3. The number of rotatable bonds is 8. The Morgan fingerprint density at radius 3 is 2.45 bits per heavy atom. The summed E-state index contributed by atoms with van der Waals surface area (Å²) in [6, 6.07) is 10.1. The standard InChI is InChI=1S/C29H30F3N3O4S/c1-2-34(19-20-11-15-33-16-12-20)28(36)39-29(13-14-29)27-8-4-7-26(21-5-3-6-22(30)17-21)35(27)40(37,38)23-9-10-24(31)25(32)18-23/h3,5-6,9-12,15-18,26-27H,2,4,7-8,13-14,19H2,1H3/t26-,27+/m0/s1. The van der Waals surface area contributed by atoms with Crippen molar-refractivity contribution in [2.75, 3.05) is 6.54 Å². The lowest BCUT2D eigenvalue weighted by molar-refractivity contribution is -0.00897. The highest BCUT2D eigenvalue weighted by Gasteiger charge is 2.60. The number of ether oxygens (including phenoxy) is 1. The van der Waals surface area contributed by atoms with Crippen LogP contribution in [0.15, 0.2) is 71.9 Å². The van der Waals surface area contributed by atoms with Gasteiger partial charge >= 0.3 is 6.09 Å². The quantitative estimate of drug-likeness (QED) is 0.332. The van der Waals surface area contributed by atoms with E-state index in [4.69, 9.17) is 4.74 Å². The minimum absolute atomic E-state index is 0.293. The minimum atomic E-state index is -4.42. The van der Waals surface area contributed by atoms with Crippen molar-refractivity contribution in [1.29, 1.82) is 0 Å². The second-order valence-corrected chi connectivity index (χ2v) is 12.1. The van der Waals surface area contributed by atoms with Gasteiger partial charge in [0.05, 0.1) is 17.0 Å². The van der Waals surface area contributed by atoms with Crippen molar-refractivity contribution in [3.05, 3.63) is 95.6 Å². The van der Waals surface area contributed by atoms with E-state index < -0.39 is 56.1 Å². The summed E-state index contributed by atoms with van der Waals surface area (Å²) in [5.74, 6) is -2.98. The molecule has 2 fully saturated rings. The number of benzene rings is 2. The molecule has 1 aliphatic carbocycles. The van der Waals surface area contributed by atoms with Gasteiger partial charge in [0.15, 0.2) is 11.6 Å². The fraction of sp³-hybridized carbons (Fsp3) is 0.379. The maximum Gasteiger partial charge on any atom is 0.410 e. The molecular weight excluding hydrogens is 543 g/mol. The Morgan fingerprint density at radius 2 is 1.80 bits per heavy atom. The first-order valence-corrected chi connectivity index (χ1v) is 14.7. The smallest absolute Gasteiger partial charge is 0.410 e. The first-order chi connectivity index (χ1) is 19.1. The molecular formula is C29H30F3N3O4S. The second-order valence-electron chi connectivity index (χ2n) is 10.2. The highest BCUT2D eigenvalue weighted by Crippen LogP contribution is 2.52. The molecule has 0 N–H and O–H groups in total. The summed E-state index contributed by atoms with van der Waals surface area (Å²) in [5.41, 5.74) is 0.205. The zero-order valence-electron chi connectivity index (χ0n) is 22.0. The molecule has 7 nitrogen and oxygen atoms in total. The summed E-state index contributed by atoms with van der Waals surface area (Å²) in [6.07, 6.45) is 4.94. The van der Waals surface area contributed by atoms with Crippen LogP contribution in [0.5, 0.6) is 0 Å². The third-order valence-electron chi connectivity index (χ3n) is 7.67. The summed E-state index contributed by atoms with van der Waals surface area (Å²) in [6.45, 7) is 2.48. The van der Waals surface area contributed by atoms with E-state index in [1.807, 2.05) is 6.92 Å². The molecule has 0 spiro atoms. The molecule has 0 bridgehead atoms. The lowest BCUT2D eigenvalue weighted by Crippen LogP contribution is -2.54. The Balaban J connectivity index is 1.50. The van der Waals surface area contributed by atoms with Crippen LogP contribution in [-0.2, 0) is 21.3 Å². The Hall–Kier alpha value is -3.44. The summed E-state index contributed by atoms with van der Waals surface area (Å²) >= 11 is 0. The lowest BCUT2D eigenvalue weighted by atomic mass is 9.90. The van der Waals surface area contributed by atoms with Crippen molar-refractivity contribution in [2.45, 2.75) is 68.2 Å². The highest BCUT2D eigenvalue weighted by molar-refractivity contribution is 7.89. The van der Waals surface area contributed by atoms with E-state index in [1.165, 1.54) is 27.4 Å². The van der Waals surface area contributed by atoms with E-state index in [2.05, 4.69) is 4.98 Å². The SMILES string of the molecule is CCN(Cc1ccncc1)C(=O)OC1([C@H]2CCC[C@@H](c3cccc(F)c3)N2S(=O)(=O)c2ccc(F)c(F)c2)CC1. The molecule has 3 aromatic rings. The number of nitrogens with zero attached hydrogens (tertiary/aromatic N) is 3. The Bertz CT molecular complexity index is 1480. The molecule has 2 aromatic carbocycles. The summed E-state index contributed by atoms with van der Waals surface area (Å²) in [4.78, 5) is 18.5. The molecule has 5 rings (SSSR count). The zero-order valence-corrected chi connectivity index (χ0v) is 22.8. The van der Waals surface area contributed by atoms with Crippen LogP contribution in [0.1, 0.15) is 56.2 Å². The molecule has 212 valence electrons. The van der Waals surface area contributed by atoms with Gasteiger partial charge in [0.2, 0.25) is 10.0 Å². The normalized spacial score (nSPS) is 20.6. The third kappa shape index (κ3) is 5.57. The maximum atomic E-state index is 14.3. The van der Waals surface area contributed by atoms with Gasteiger partial charge in [-0.05, 0) is 92.6 Å². The van der Waals surface area contributed by atoms with Crippen molar-refractivity contribution >= 4 is 16.1 Å². The largest absolute Gasteiger partial charge is 0.441 e. The van der Waals surface area contributed by atoms with E-state index in [0.717, 1.165) is 17.7 Å². The van der Waals surface area contributed by atoms with Gasteiger partial charge in [-0.3, -0.25) is 4.98 Å². The molecule has 2 heterocycles. The van der Waals surface area contributed by atoms with Crippen LogP contribution in [0.4, 0.5) is 18.0 Å². The first-order valence-electron chi connectivity index (χ1n) is 13.3. The van der Waals surface area contributed by atoms with Crippen LogP contribution in [0, 0.1) is 17.5 Å². The van der Waals surface area contributed by atoms with Gasteiger partial charge in [0, 0.05) is 25.5 Å². The molecule has 1 aliphatic heterocycles. The monoisotopic (exact) mass is 573 g/mol. The van der Waals surface area contributed by atoms with Crippen LogP contribution in [0.25, 0.3) is 0 Å². The number of hydrogen-bond acceptors (Lipinski definition) is 5. The van der Waals surface area contributed by atoms with Crippen LogP contribution >= 0.6 is 0 Å². The summed E-state index contributed by atoms with van der Waals surface area (Å²) in [5, 5.41) is 0. The van der Waals surface area contributed by atoms with E-state index in [1.54, 1.807) is 30.6 Å². The summed E-state index contributed by atoms with van der Waals surface area (Å²) in [7, 11) is -4.42. The molecule has 40 heavy (non-hydrogen) atoms. The fourth-order valence-electron chi connectivity index (χ4n) is 5.47. The van der Waals surface area contributed by atoms with E-state index in [9.17, 15) is 26.4 Å². The average Bonchev–Trinajstić information content (AvgIpc) is 3.73. The predicted octanol–water partition coefficient (Wildman–Crippen LogP) is 5.97. The van der Waals surface area contributed by atoms with Crippen molar-refractivity contribution < 1.29 is 31.1 Å². The van der Waals surface area contributed by atoms with Gasteiger partial charge in [-0.2, -0.15) is 4.31 Å². The van der Waals surface area contributed by atoms with Gasteiger partial charge in [0.1, 0.15) is 11.4 Å². The number of hydrogen-bond donors (Lipinski definition) is 0. The number of pyridine rings is 1. The molecule has 0 radical (unpaired) electrons. The Morgan fingerprint density at radius 1 is 1.05 bits per heavy atom. The number of amides is 1. The van der Waals surface area contributed by atoms with Crippen molar-refractivity contribution in [3.8, 4) is 0 Å². The topological polar surface area (TPSA) is 79.8 Å². The Labute approximate surface area is 231 Å². The van der Waals surface area contributed by atoms with Crippen LogP contribution in [0.3, 0.4) is 0 Å². The van der Waals surface area contributed by atoms with Gasteiger partial charge in [0.25, 0.3) is 0 Å². The van der Waals surface area contributed by atoms with Gasteiger partial charge in [-0.15, -0.1) is 0 Å². The molecule has 2 atom stereocenters.